The van der Waals surface area contributed by atoms with Crippen molar-refractivity contribution in [3.8, 4) is 0 Å². The number of amides is 1. The molecule has 0 atom stereocenters. The number of hydrogen-bond acceptors (Lipinski definition) is 4. The van der Waals surface area contributed by atoms with Gasteiger partial charge in [-0.1, -0.05) is 0 Å². The molecule has 1 aromatic heterocycles. The van der Waals surface area contributed by atoms with E-state index in [0.29, 0.717) is 13.2 Å². The lowest BCUT2D eigenvalue weighted by Crippen LogP contribution is -2.50. The molecule has 1 fully saturated rings. The van der Waals surface area contributed by atoms with Crippen LogP contribution in [0.5, 0.6) is 0 Å². The number of ether oxygens (including phenoxy) is 1. The average Bonchev–Trinajstić information content (AvgIpc) is 2.92. The van der Waals surface area contributed by atoms with Crippen LogP contribution in [0.3, 0.4) is 0 Å². The van der Waals surface area contributed by atoms with Crippen molar-refractivity contribution in [2.75, 3.05) is 33.9 Å². The van der Waals surface area contributed by atoms with Crippen molar-refractivity contribution in [1.82, 2.24) is 10.2 Å². The summed E-state index contributed by atoms with van der Waals surface area (Å²) in [6.45, 7) is 2.72. The van der Waals surface area contributed by atoms with Crippen LogP contribution >= 0.6 is 0 Å². The van der Waals surface area contributed by atoms with Gasteiger partial charge in [-0.2, -0.15) is 0 Å². The molecule has 1 amide bonds. The second-order valence-electron chi connectivity index (χ2n) is 5.20. The van der Waals surface area contributed by atoms with Gasteiger partial charge in [-0.05, 0) is 38.1 Å². The maximum absolute atomic E-state index is 12.7. The third-order valence-corrected chi connectivity index (χ3v) is 3.75. The highest BCUT2D eigenvalue weighted by Crippen LogP contribution is 2.31. The van der Waals surface area contributed by atoms with Gasteiger partial charge in [0, 0.05) is 14.2 Å². The number of piperidine rings is 1. The molecule has 5 nitrogen and oxygen atoms in total. The largest absolute Gasteiger partial charge is 0.467 e. The second-order valence-corrected chi connectivity index (χ2v) is 5.20. The average molecular weight is 266 g/mol. The van der Waals surface area contributed by atoms with E-state index in [2.05, 4.69) is 5.32 Å². The van der Waals surface area contributed by atoms with Crippen LogP contribution in [0.4, 0.5) is 0 Å². The van der Waals surface area contributed by atoms with Crippen molar-refractivity contribution in [2.24, 2.45) is 5.41 Å². The highest BCUT2D eigenvalue weighted by Gasteiger charge is 2.41. The van der Waals surface area contributed by atoms with Crippen LogP contribution in [0.15, 0.2) is 22.8 Å². The monoisotopic (exact) mass is 266 g/mol. The number of nitrogens with one attached hydrogen (secondary N) is 1. The van der Waals surface area contributed by atoms with E-state index in [1.165, 1.54) is 0 Å². The zero-order valence-electron chi connectivity index (χ0n) is 11.6. The van der Waals surface area contributed by atoms with Gasteiger partial charge in [0.05, 0.1) is 24.8 Å². The summed E-state index contributed by atoms with van der Waals surface area (Å²) in [4.78, 5) is 14.5. The summed E-state index contributed by atoms with van der Waals surface area (Å²) in [6.07, 6.45) is 3.27. The van der Waals surface area contributed by atoms with Crippen LogP contribution in [0.1, 0.15) is 18.6 Å². The quantitative estimate of drug-likeness (QED) is 0.871. The summed E-state index contributed by atoms with van der Waals surface area (Å²) in [6, 6.07) is 3.72. The molecule has 19 heavy (non-hydrogen) atoms. The van der Waals surface area contributed by atoms with Crippen molar-refractivity contribution in [3.05, 3.63) is 24.2 Å². The third-order valence-electron chi connectivity index (χ3n) is 3.75. The van der Waals surface area contributed by atoms with E-state index in [-0.39, 0.29) is 11.3 Å². The van der Waals surface area contributed by atoms with Gasteiger partial charge in [0.25, 0.3) is 0 Å². The Morgan fingerprint density at radius 1 is 1.53 bits per heavy atom. The maximum Gasteiger partial charge on any atom is 0.231 e. The number of carbonyl (C=O) groups is 1. The van der Waals surface area contributed by atoms with E-state index in [9.17, 15) is 4.79 Å². The van der Waals surface area contributed by atoms with Gasteiger partial charge in [0.2, 0.25) is 5.91 Å². The lowest BCUT2D eigenvalue weighted by atomic mass is 9.78. The molecule has 0 unspecified atom stereocenters. The fourth-order valence-corrected chi connectivity index (χ4v) is 2.71. The molecule has 1 N–H and O–H groups in total. The van der Waals surface area contributed by atoms with Gasteiger partial charge >= 0.3 is 0 Å². The topological polar surface area (TPSA) is 54.7 Å². The smallest absolute Gasteiger partial charge is 0.231 e. The molecule has 106 valence electrons. The van der Waals surface area contributed by atoms with Crippen LogP contribution in [-0.2, 0) is 16.1 Å². The zero-order valence-corrected chi connectivity index (χ0v) is 11.6. The first kappa shape index (κ1) is 14.1. The Morgan fingerprint density at radius 2 is 2.26 bits per heavy atom. The van der Waals surface area contributed by atoms with E-state index in [4.69, 9.17) is 9.15 Å². The lowest BCUT2D eigenvalue weighted by molar-refractivity contribution is -0.147. The van der Waals surface area contributed by atoms with E-state index in [1.54, 1.807) is 18.3 Å². The summed E-state index contributed by atoms with van der Waals surface area (Å²) >= 11 is 0. The van der Waals surface area contributed by atoms with Crippen molar-refractivity contribution in [2.45, 2.75) is 19.4 Å². The minimum atomic E-state index is -0.388. The predicted molar refractivity (Wildman–Crippen MR) is 71.6 cm³/mol. The van der Waals surface area contributed by atoms with Crippen molar-refractivity contribution in [3.63, 3.8) is 0 Å². The predicted octanol–water partition coefficient (Wildman–Crippen LogP) is 1.25. The Balaban J connectivity index is 2.05. The normalized spacial score (nSPS) is 18.2. The summed E-state index contributed by atoms with van der Waals surface area (Å²) in [5.74, 6) is 0.949. The number of hydrogen-bond donors (Lipinski definition) is 1. The minimum Gasteiger partial charge on any atom is -0.467 e. The summed E-state index contributed by atoms with van der Waals surface area (Å²) < 4.78 is 10.6. The van der Waals surface area contributed by atoms with Gasteiger partial charge < -0.3 is 19.4 Å². The molecule has 0 bridgehead atoms. The molecule has 0 saturated carbocycles. The molecule has 0 radical (unpaired) electrons. The Hall–Kier alpha value is -1.33. The number of methoxy groups -OCH3 is 1. The van der Waals surface area contributed by atoms with E-state index in [1.807, 2.05) is 19.2 Å². The summed E-state index contributed by atoms with van der Waals surface area (Å²) in [5, 5.41) is 3.29. The van der Waals surface area contributed by atoms with Gasteiger partial charge in [-0.15, -0.1) is 0 Å². The highest BCUT2D eigenvalue weighted by molar-refractivity contribution is 5.82. The number of carbonyl (C=O) groups excluding carboxylic acids is 1. The van der Waals surface area contributed by atoms with Crippen molar-refractivity contribution >= 4 is 5.91 Å². The molecular weight excluding hydrogens is 244 g/mol. The van der Waals surface area contributed by atoms with Crippen LogP contribution in [0, 0.1) is 5.41 Å². The Bertz CT molecular complexity index is 391. The zero-order chi connectivity index (χ0) is 13.7. The van der Waals surface area contributed by atoms with Crippen LogP contribution in [-0.4, -0.2) is 44.7 Å². The number of furan rings is 1. The van der Waals surface area contributed by atoms with Crippen LogP contribution in [0.2, 0.25) is 0 Å². The van der Waals surface area contributed by atoms with Crippen LogP contribution in [0.25, 0.3) is 0 Å². The van der Waals surface area contributed by atoms with Gasteiger partial charge in [-0.3, -0.25) is 4.79 Å². The SMILES string of the molecule is COCC1(C(=O)N(C)Cc2ccco2)CCNCC1. The second kappa shape index (κ2) is 6.21. The standard InChI is InChI=1S/C14H22N2O3/c1-16(10-12-4-3-9-19-12)13(17)14(11-18-2)5-7-15-8-6-14/h3-4,9,15H,5-8,10-11H2,1-2H3. The molecule has 2 rings (SSSR count). The first-order chi connectivity index (χ1) is 9.18. The molecule has 2 heterocycles. The van der Waals surface area contributed by atoms with Crippen molar-refractivity contribution < 1.29 is 13.9 Å². The first-order valence-corrected chi connectivity index (χ1v) is 6.65. The summed E-state index contributed by atoms with van der Waals surface area (Å²) in [7, 11) is 3.48. The highest BCUT2D eigenvalue weighted by atomic mass is 16.5. The Labute approximate surface area is 113 Å². The van der Waals surface area contributed by atoms with Gasteiger partial charge in [0.15, 0.2) is 0 Å². The number of rotatable bonds is 5. The first-order valence-electron chi connectivity index (χ1n) is 6.65. The maximum atomic E-state index is 12.7. The number of nitrogens with zero attached hydrogens (tertiary/aromatic N) is 1. The molecule has 0 spiro atoms. The molecule has 1 aromatic rings. The Kier molecular flexibility index (Phi) is 4.61. The molecule has 5 heteroatoms. The van der Waals surface area contributed by atoms with Crippen LogP contribution < -0.4 is 5.32 Å². The molecular formula is C14H22N2O3. The van der Waals surface area contributed by atoms with Crippen molar-refractivity contribution in [1.29, 1.82) is 0 Å². The molecule has 0 aromatic carbocycles. The van der Waals surface area contributed by atoms with E-state index < -0.39 is 0 Å². The fraction of sp³-hybridized carbons (Fsp3) is 0.643. The van der Waals surface area contributed by atoms with E-state index in [0.717, 1.165) is 31.7 Å². The van der Waals surface area contributed by atoms with E-state index >= 15 is 0 Å². The van der Waals surface area contributed by atoms with Gasteiger partial charge in [0.1, 0.15) is 5.76 Å². The molecule has 1 aliphatic rings. The lowest BCUT2D eigenvalue weighted by Gasteiger charge is -2.38. The molecule has 1 aliphatic heterocycles. The third kappa shape index (κ3) is 3.16. The minimum absolute atomic E-state index is 0.146. The fourth-order valence-electron chi connectivity index (χ4n) is 2.71. The Morgan fingerprint density at radius 3 is 2.84 bits per heavy atom. The summed E-state index contributed by atoms with van der Waals surface area (Å²) in [5.41, 5.74) is -0.388. The molecule has 0 aliphatic carbocycles. The van der Waals surface area contributed by atoms with Gasteiger partial charge in [-0.25, -0.2) is 0 Å². The molecule has 1 saturated heterocycles.